The van der Waals surface area contributed by atoms with E-state index in [-0.39, 0.29) is 26.9 Å². The molecule has 0 radical (unpaired) electrons. The maximum atomic E-state index is 13.3. The monoisotopic (exact) mass is 518 g/mol. The van der Waals surface area contributed by atoms with Gasteiger partial charge < -0.3 is 18.8 Å². The summed E-state index contributed by atoms with van der Waals surface area (Å²) < 4.78 is 43.9. The molecule has 0 saturated carbocycles. The van der Waals surface area contributed by atoms with Gasteiger partial charge in [-0.15, -0.1) is 11.3 Å². The fraction of sp³-hybridized carbons (Fsp3) is 0.417. The number of carbonyl (C=O) groups is 2. The molecule has 0 N–H and O–H groups in total. The van der Waals surface area contributed by atoms with E-state index in [0.29, 0.717) is 56.8 Å². The SMILES string of the molecule is COC(=O)c1sccc1S(=O)(=O)N1CCC2(CCN(C(=O)c3cc4cccc(OC)c4o3)CC2)C1. The van der Waals surface area contributed by atoms with E-state index in [4.69, 9.17) is 13.9 Å². The summed E-state index contributed by atoms with van der Waals surface area (Å²) in [6, 6.07) is 8.69. The number of sulfonamides is 1. The molecular formula is C24H26N2O7S2. The van der Waals surface area contributed by atoms with Crippen molar-refractivity contribution in [3.8, 4) is 5.75 Å². The van der Waals surface area contributed by atoms with E-state index >= 15 is 0 Å². The number of carbonyl (C=O) groups excluding carboxylic acids is 2. The number of piperidine rings is 1. The van der Waals surface area contributed by atoms with Crippen molar-refractivity contribution in [1.82, 2.24) is 9.21 Å². The Kier molecular flexibility index (Phi) is 6.10. The van der Waals surface area contributed by atoms with E-state index in [2.05, 4.69) is 0 Å². The molecule has 5 rings (SSSR count). The fourth-order valence-electron chi connectivity index (χ4n) is 5.03. The van der Waals surface area contributed by atoms with Crippen LogP contribution in [0, 0.1) is 5.41 Å². The molecule has 2 saturated heterocycles. The summed E-state index contributed by atoms with van der Waals surface area (Å²) in [5.74, 6) is 0.0142. The number of furan rings is 1. The molecule has 9 nitrogen and oxygen atoms in total. The molecule has 0 unspecified atom stereocenters. The third-order valence-electron chi connectivity index (χ3n) is 7.07. The van der Waals surface area contributed by atoms with Crippen molar-refractivity contribution in [3.63, 3.8) is 0 Å². The smallest absolute Gasteiger partial charge is 0.349 e. The first-order valence-electron chi connectivity index (χ1n) is 11.3. The van der Waals surface area contributed by atoms with Crippen molar-refractivity contribution < 1.29 is 31.9 Å². The molecule has 2 aliphatic rings. The van der Waals surface area contributed by atoms with Gasteiger partial charge in [-0.3, -0.25) is 4.79 Å². The molecule has 35 heavy (non-hydrogen) atoms. The molecule has 2 aromatic heterocycles. The lowest BCUT2D eigenvalue weighted by molar-refractivity contribution is 0.0570. The minimum atomic E-state index is -3.82. The Labute approximate surface area is 207 Å². The van der Waals surface area contributed by atoms with Gasteiger partial charge in [0, 0.05) is 31.6 Å². The summed E-state index contributed by atoms with van der Waals surface area (Å²) >= 11 is 1.06. The Morgan fingerprint density at radius 1 is 1.09 bits per heavy atom. The highest BCUT2D eigenvalue weighted by molar-refractivity contribution is 7.89. The van der Waals surface area contributed by atoms with Crippen LogP contribution in [-0.2, 0) is 14.8 Å². The second kappa shape index (κ2) is 8.96. The quantitative estimate of drug-likeness (QED) is 0.475. The second-order valence-corrected chi connectivity index (χ2v) is 11.8. The van der Waals surface area contributed by atoms with Crippen LogP contribution in [0.2, 0.25) is 0 Å². The molecule has 1 spiro atoms. The van der Waals surface area contributed by atoms with Crippen LogP contribution >= 0.6 is 11.3 Å². The van der Waals surface area contributed by atoms with Crippen LogP contribution in [-0.4, -0.2) is 69.9 Å². The van der Waals surface area contributed by atoms with Crippen molar-refractivity contribution in [3.05, 3.63) is 46.3 Å². The molecular weight excluding hydrogens is 492 g/mol. The molecule has 0 atom stereocenters. The lowest BCUT2D eigenvalue weighted by Gasteiger charge is -2.39. The van der Waals surface area contributed by atoms with Crippen molar-refractivity contribution >= 4 is 44.2 Å². The zero-order valence-corrected chi connectivity index (χ0v) is 21.1. The van der Waals surface area contributed by atoms with Crippen LogP contribution in [0.3, 0.4) is 0 Å². The standard InChI is InChI=1S/C24H26N2O7S2/c1-31-17-5-3-4-16-14-18(33-20(16)17)22(27)25-10-7-24(8-11-25)9-12-26(15-24)35(29,30)19-6-13-34-21(19)23(28)32-2/h3-6,13-14H,7-12,15H2,1-2H3. The van der Waals surface area contributed by atoms with Gasteiger partial charge in [-0.25, -0.2) is 13.2 Å². The van der Waals surface area contributed by atoms with Gasteiger partial charge in [0.05, 0.1) is 14.2 Å². The summed E-state index contributed by atoms with van der Waals surface area (Å²) in [7, 11) is -1.02. The first-order chi connectivity index (χ1) is 16.8. The number of hydrogen-bond acceptors (Lipinski definition) is 8. The molecule has 1 amide bonds. The van der Waals surface area contributed by atoms with E-state index < -0.39 is 16.0 Å². The number of ether oxygens (including phenoxy) is 2. The number of methoxy groups -OCH3 is 2. The first kappa shape index (κ1) is 23.8. The maximum absolute atomic E-state index is 13.3. The predicted molar refractivity (Wildman–Crippen MR) is 129 cm³/mol. The van der Waals surface area contributed by atoms with Crippen LogP contribution in [0.25, 0.3) is 11.0 Å². The number of rotatable bonds is 5. The number of esters is 1. The zero-order valence-electron chi connectivity index (χ0n) is 19.5. The number of nitrogens with zero attached hydrogens (tertiary/aromatic N) is 2. The molecule has 0 aliphatic carbocycles. The Bertz CT molecular complexity index is 1380. The summed E-state index contributed by atoms with van der Waals surface area (Å²) in [6.07, 6.45) is 2.11. The van der Waals surface area contributed by atoms with Crippen molar-refractivity contribution in [2.24, 2.45) is 5.41 Å². The molecule has 2 fully saturated rings. The van der Waals surface area contributed by atoms with Crippen LogP contribution in [0.5, 0.6) is 5.75 Å². The average molecular weight is 519 g/mol. The Morgan fingerprint density at radius 3 is 2.54 bits per heavy atom. The summed E-state index contributed by atoms with van der Waals surface area (Å²) in [5, 5.41) is 2.39. The molecule has 4 heterocycles. The normalized spacial score (nSPS) is 18.3. The van der Waals surface area contributed by atoms with E-state index in [9.17, 15) is 18.0 Å². The summed E-state index contributed by atoms with van der Waals surface area (Å²) in [6.45, 7) is 1.80. The minimum absolute atomic E-state index is 0.000623. The number of hydrogen-bond donors (Lipinski definition) is 0. The molecule has 3 aromatic rings. The van der Waals surface area contributed by atoms with E-state index in [1.165, 1.54) is 17.5 Å². The topological polar surface area (TPSA) is 106 Å². The molecule has 11 heteroatoms. The van der Waals surface area contributed by atoms with Gasteiger partial charge in [-0.1, -0.05) is 12.1 Å². The highest BCUT2D eigenvalue weighted by Crippen LogP contribution is 2.43. The van der Waals surface area contributed by atoms with Gasteiger partial charge in [0.2, 0.25) is 10.0 Å². The van der Waals surface area contributed by atoms with E-state index in [1.54, 1.807) is 29.5 Å². The maximum Gasteiger partial charge on any atom is 0.349 e. The molecule has 186 valence electrons. The molecule has 2 aliphatic heterocycles. The Morgan fingerprint density at radius 2 is 1.83 bits per heavy atom. The second-order valence-electron chi connectivity index (χ2n) is 8.98. The predicted octanol–water partition coefficient (Wildman–Crippen LogP) is 3.61. The van der Waals surface area contributed by atoms with Crippen LogP contribution < -0.4 is 4.74 Å². The lowest BCUT2D eigenvalue weighted by Crippen LogP contribution is -2.44. The van der Waals surface area contributed by atoms with Crippen LogP contribution in [0.15, 0.2) is 45.0 Å². The third kappa shape index (κ3) is 4.11. The number of para-hydroxylation sites is 1. The number of amides is 1. The van der Waals surface area contributed by atoms with E-state index in [1.807, 2.05) is 12.1 Å². The zero-order chi connectivity index (χ0) is 24.8. The van der Waals surface area contributed by atoms with Crippen LogP contribution in [0.4, 0.5) is 0 Å². The summed E-state index contributed by atoms with van der Waals surface area (Å²) in [5.41, 5.74) is 0.353. The van der Waals surface area contributed by atoms with Crippen LogP contribution in [0.1, 0.15) is 39.5 Å². The van der Waals surface area contributed by atoms with Gasteiger partial charge in [0.1, 0.15) is 9.77 Å². The number of thiophene rings is 1. The Balaban J connectivity index is 1.27. The van der Waals surface area contributed by atoms with Crippen molar-refractivity contribution in [2.45, 2.75) is 24.2 Å². The molecule has 0 bridgehead atoms. The fourth-order valence-corrected chi connectivity index (χ4v) is 7.89. The Hall–Kier alpha value is -2.89. The number of likely N-dealkylation sites (tertiary alicyclic amines) is 1. The van der Waals surface area contributed by atoms with Crippen molar-refractivity contribution in [1.29, 1.82) is 0 Å². The largest absolute Gasteiger partial charge is 0.493 e. The van der Waals surface area contributed by atoms with E-state index in [0.717, 1.165) is 16.7 Å². The first-order valence-corrected chi connectivity index (χ1v) is 13.6. The highest BCUT2D eigenvalue weighted by Gasteiger charge is 2.46. The van der Waals surface area contributed by atoms with Gasteiger partial charge in [-0.05, 0) is 48.3 Å². The van der Waals surface area contributed by atoms with Gasteiger partial charge >= 0.3 is 5.97 Å². The minimum Gasteiger partial charge on any atom is -0.493 e. The number of fused-ring (bicyclic) bond motifs is 1. The number of benzene rings is 1. The van der Waals surface area contributed by atoms with Gasteiger partial charge in [0.15, 0.2) is 17.1 Å². The third-order valence-corrected chi connectivity index (χ3v) is 9.98. The van der Waals surface area contributed by atoms with Crippen molar-refractivity contribution in [2.75, 3.05) is 40.4 Å². The van der Waals surface area contributed by atoms with Gasteiger partial charge in [0.25, 0.3) is 5.91 Å². The van der Waals surface area contributed by atoms with Gasteiger partial charge in [-0.2, -0.15) is 4.31 Å². The molecule has 1 aromatic carbocycles. The average Bonchev–Trinajstić information content (AvgIpc) is 3.62. The highest BCUT2D eigenvalue weighted by atomic mass is 32.2. The summed E-state index contributed by atoms with van der Waals surface area (Å²) in [4.78, 5) is 27.0. The lowest BCUT2D eigenvalue weighted by atomic mass is 9.78.